The van der Waals surface area contributed by atoms with Crippen molar-refractivity contribution < 1.29 is 8.42 Å². The second-order valence-electron chi connectivity index (χ2n) is 5.20. The Morgan fingerprint density at radius 1 is 1.32 bits per heavy atom. The van der Waals surface area contributed by atoms with Crippen molar-refractivity contribution in [2.45, 2.75) is 12.8 Å². The van der Waals surface area contributed by atoms with Crippen molar-refractivity contribution in [1.29, 1.82) is 0 Å². The van der Waals surface area contributed by atoms with Gasteiger partial charge in [-0.2, -0.15) is 0 Å². The average Bonchev–Trinajstić information content (AvgIpc) is 2.93. The minimum Gasteiger partial charge on any atom is -0.356 e. The molecule has 122 valence electrons. The molecule has 2 N–H and O–H groups in total. The van der Waals surface area contributed by atoms with Crippen LogP contribution in [0.2, 0.25) is 0 Å². The molecule has 0 amide bonds. The van der Waals surface area contributed by atoms with E-state index in [1.54, 1.807) is 0 Å². The highest BCUT2D eigenvalue weighted by atomic mass is 127. The Hall–Kier alpha value is -1.03. The highest BCUT2D eigenvalue weighted by Crippen LogP contribution is 2.29. The van der Waals surface area contributed by atoms with Crippen LogP contribution >= 0.6 is 24.0 Å². The summed E-state index contributed by atoms with van der Waals surface area (Å²) in [6.07, 6.45) is 1.81. The molecule has 0 unspecified atom stereocenters. The van der Waals surface area contributed by atoms with Gasteiger partial charge in [0.2, 0.25) is 10.0 Å². The fourth-order valence-electron chi connectivity index (χ4n) is 2.66. The SMILES string of the molecule is I.O=S(=O)(CCNC1=NCCCN1)N1CCc2ccccc21. The van der Waals surface area contributed by atoms with Gasteiger partial charge in [0, 0.05) is 26.2 Å². The maximum Gasteiger partial charge on any atom is 0.236 e. The van der Waals surface area contributed by atoms with E-state index in [9.17, 15) is 8.42 Å². The zero-order valence-electron chi connectivity index (χ0n) is 12.3. The number of para-hydroxylation sites is 1. The molecule has 3 rings (SSSR count). The van der Waals surface area contributed by atoms with Crippen molar-refractivity contribution in [2.24, 2.45) is 4.99 Å². The van der Waals surface area contributed by atoms with E-state index < -0.39 is 10.0 Å². The van der Waals surface area contributed by atoms with E-state index in [-0.39, 0.29) is 29.7 Å². The molecular formula is C14H21IN4O2S. The Morgan fingerprint density at radius 2 is 2.14 bits per heavy atom. The first kappa shape index (κ1) is 17.3. The summed E-state index contributed by atoms with van der Waals surface area (Å²) in [5.74, 6) is 0.778. The van der Waals surface area contributed by atoms with E-state index in [1.807, 2.05) is 24.3 Å². The van der Waals surface area contributed by atoms with Gasteiger partial charge in [-0.05, 0) is 24.5 Å². The molecule has 1 aromatic carbocycles. The van der Waals surface area contributed by atoms with Gasteiger partial charge in [-0.3, -0.25) is 9.30 Å². The van der Waals surface area contributed by atoms with Gasteiger partial charge < -0.3 is 10.6 Å². The number of hydrogen-bond acceptors (Lipinski definition) is 5. The molecule has 0 aliphatic carbocycles. The van der Waals surface area contributed by atoms with Crippen LogP contribution in [0.15, 0.2) is 29.3 Å². The first-order valence-corrected chi connectivity index (χ1v) is 8.88. The number of hydrogen-bond donors (Lipinski definition) is 2. The molecule has 6 nitrogen and oxygen atoms in total. The van der Waals surface area contributed by atoms with Crippen molar-refractivity contribution in [1.82, 2.24) is 10.6 Å². The average molecular weight is 436 g/mol. The summed E-state index contributed by atoms with van der Waals surface area (Å²) >= 11 is 0. The zero-order valence-corrected chi connectivity index (χ0v) is 15.4. The summed E-state index contributed by atoms with van der Waals surface area (Å²) in [6.45, 7) is 2.59. The fourth-order valence-corrected chi connectivity index (χ4v) is 4.08. The van der Waals surface area contributed by atoms with Crippen molar-refractivity contribution in [3.8, 4) is 0 Å². The summed E-state index contributed by atoms with van der Waals surface area (Å²) in [5.41, 5.74) is 1.93. The summed E-state index contributed by atoms with van der Waals surface area (Å²) in [4.78, 5) is 4.27. The number of fused-ring (bicyclic) bond motifs is 1. The molecule has 2 heterocycles. The first-order valence-electron chi connectivity index (χ1n) is 7.27. The van der Waals surface area contributed by atoms with Crippen LogP contribution < -0.4 is 14.9 Å². The third kappa shape index (κ3) is 3.83. The van der Waals surface area contributed by atoms with Crippen LogP contribution in [0.25, 0.3) is 0 Å². The monoisotopic (exact) mass is 436 g/mol. The van der Waals surface area contributed by atoms with Crippen LogP contribution in [-0.2, 0) is 16.4 Å². The lowest BCUT2D eigenvalue weighted by atomic mass is 10.2. The summed E-state index contributed by atoms with van der Waals surface area (Å²) in [6, 6.07) is 7.69. The number of anilines is 1. The predicted octanol–water partition coefficient (Wildman–Crippen LogP) is 0.936. The number of sulfonamides is 1. The van der Waals surface area contributed by atoms with Crippen molar-refractivity contribution in [2.75, 3.05) is 36.2 Å². The minimum absolute atomic E-state index is 0. The number of halogens is 1. The van der Waals surface area contributed by atoms with Crippen LogP contribution in [-0.4, -0.2) is 46.3 Å². The van der Waals surface area contributed by atoms with Crippen LogP contribution in [0.5, 0.6) is 0 Å². The second kappa shape index (κ2) is 7.49. The van der Waals surface area contributed by atoms with Gasteiger partial charge in [-0.1, -0.05) is 18.2 Å². The molecule has 8 heteroatoms. The van der Waals surface area contributed by atoms with Crippen LogP contribution in [0.4, 0.5) is 5.69 Å². The lowest BCUT2D eigenvalue weighted by Crippen LogP contribution is -2.44. The van der Waals surface area contributed by atoms with Gasteiger partial charge in [0.15, 0.2) is 5.96 Å². The Morgan fingerprint density at radius 3 is 2.91 bits per heavy atom. The largest absolute Gasteiger partial charge is 0.356 e. The quantitative estimate of drug-likeness (QED) is 0.690. The highest BCUT2D eigenvalue weighted by molar-refractivity contribution is 14.0. The molecule has 0 saturated carbocycles. The summed E-state index contributed by atoms with van der Waals surface area (Å²) in [7, 11) is -3.29. The molecular weight excluding hydrogens is 415 g/mol. The minimum atomic E-state index is -3.29. The Kier molecular flexibility index (Phi) is 5.90. The molecule has 0 aromatic heterocycles. The van der Waals surface area contributed by atoms with E-state index >= 15 is 0 Å². The number of aliphatic imine (C=N–C) groups is 1. The third-order valence-electron chi connectivity index (χ3n) is 3.73. The predicted molar refractivity (Wildman–Crippen MR) is 99.6 cm³/mol. The second-order valence-corrected chi connectivity index (χ2v) is 7.22. The van der Waals surface area contributed by atoms with Gasteiger partial charge in [-0.15, -0.1) is 24.0 Å². The standard InChI is InChI=1S/C14H20N4O2S.HI/c19-21(20,11-9-17-14-15-7-3-8-16-14)18-10-6-12-4-1-2-5-13(12)18;/h1-2,4-5H,3,6-11H2,(H2,15,16,17);1H. The van der Waals surface area contributed by atoms with E-state index in [2.05, 4.69) is 15.6 Å². The Bertz CT molecular complexity index is 648. The number of guanidine groups is 1. The number of benzene rings is 1. The molecule has 2 aliphatic heterocycles. The van der Waals surface area contributed by atoms with E-state index in [0.29, 0.717) is 19.0 Å². The lowest BCUT2D eigenvalue weighted by molar-refractivity contribution is 0.590. The molecule has 2 aliphatic rings. The zero-order chi connectivity index (χ0) is 14.7. The molecule has 0 bridgehead atoms. The number of rotatable bonds is 4. The fraction of sp³-hybridized carbons (Fsp3) is 0.500. The van der Waals surface area contributed by atoms with Crippen molar-refractivity contribution in [3.05, 3.63) is 29.8 Å². The third-order valence-corrected chi connectivity index (χ3v) is 5.50. The van der Waals surface area contributed by atoms with Gasteiger partial charge in [0.05, 0.1) is 11.4 Å². The van der Waals surface area contributed by atoms with Gasteiger partial charge in [0.25, 0.3) is 0 Å². The Balaban J connectivity index is 0.00000176. The maximum absolute atomic E-state index is 12.5. The van der Waals surface area contributed by atoms with Crippen LogP contribution in [0.3, 0.4) is 0 Å². The topological polar surface area (TPSA) is 73.8 Å². The molecule has 0 saturated heterocycles. The molecule has 22 heavy (non-hydrogen) atoms. The van der Waals surface area contributed by atoms with Crippen LogP contribution in [0.1, 0.15) is 12.0 Å². The molecule has 0 fully saturated rings. The van der Waals surface area contributed by atoms with Crippen molar-refractivity contribution in [3.63, 3.8) is 0 Å². The molecule has 0 spiro atoms. The molecule has 0 atom stereocenters. The smallest absolute Gasteiger partial charge is 0.236 e. The van der Waals surface area contributed by atoms with Gasteiger partial charge >= 0.3 is 0 Å². The maximum atomic E-state index is 12.5. The number of nitrogens with one attached hydrogen (secondary N) is 2. The highest BCUT2D eigenvalue weighted by Gasteiger charge is 2.28. The van der Waals surface area contributed by atoms with E-state index in [1.165, 1.54) is 4.31 Å². The molecule has 1 aromatic rings. The molecule has 0 radical (unpaired) electrons. The van der Waals surface area contributed by atoms with Crippen molar-refractivity contribution >= 4 is 45.6 Å². The van der Waals surface area contributed by atoms with E-state index in [4.69, 9.17) is 0 Å². The Labute approximate surface area is 148 Å². The lowest BCUT2D eigenvalue weighted by Gasteiger charge is -2.20. The normalized spacial score (nSPS) is 17.1. The summed E-state index contributed by atoms with van der Waals surface area (Å²) < 4.78 is 26.5. The van der Waals surface area contributed by atoms with Crippen LogP contribution in [0, 0.1) is 0 Å². The summed E-state index contributed by atoms with van der Waals surface area (Å²) in [5, 5.41) is 6.18. The van der Waals surface area contributed by atoms with Gasteiger partial charge in [0.1, 0.15) is 0 Å². The van der Waals surface area contributed by atoms with Gasteiger partial charge in [-0.25, -0.2) is 8.42 Å². The van der Waals surface area contributed by atoms with E-state index in [0.717, 1.165) is 37.2 Å². The first-order chi connectivity index (χ1) is 10.2. The number of nitrogens with zero attached hydrogens (tertiary/aromatic N) is 2.